The Labute approximate surface area is 221 Å². The van der Waals surface area contributed by atoms with Gasteiger partial charge in [-0.25, -0.2) is 9.78 Å². The molecule has 2 aromatic heterocycles. The molecule has 4 N–H and O–H groups in total. The zero-order valence-corrected chi connectivity index (χ0v) is 21.8. The standard InChI is InChI=1S/C28H32ClN5O3/c1-3-25-27(32-28(37)30-24-10-8-23(29)9-11-24)34-18-22(16-19(2)26(34)31-25)21-6-4-20(5-7-21)17-33(12-14-35)13-15-36/h4-11,16,18,35-36H,3,12-15,17H2,1-2H3,(H2,30,32,37). The molecule has 0 aliphatic heterocycles. The van der Waals surface area contributed by atoms with Crippen LogP contribution in [0.15, 0.2) is 60.8 Å². The molecule has 8 nitrogen and oxygen atoms in total. The Hall–Kier alpha value is -3.43. The van der Waals surface area contributed by atoms with E-state index in [1.165, 1.54) is 0 Å². The summed E-state index contributed by atoms with van der Waals surface area (Å²) in [6.07, 6.45) is 2.66. The van der Waals surface area contributed by atoms with Gasteiger partial charge in [-0.3, -0.25) is 14.6 Å². The third-order valence-corrected chi connectivity index (χ3v) is 6.42. The molecule has 4 aromatic rings. The quantitative estimate of drug-likeness (QED) is 0.236. The maximum atomic E-state index is 12.8. The van der Waals surface area contributed by atoms with Crippen molar-refractivity contribution in [2.75, 3.05) is 36.9 Å². The summed E-state index contributed by atoms with van der Waals surface area (Å²) in [7, 11) is 0. The second-order valence-electron chi connectivity index (χ2n) is 8.87. The number of fused-ring (bicyclic) bond motifs is 1. The van der Waals surface area contributed by atoms with Crippen LogP contribution in [-0.4, -0.2) is 56.8 Å². The van der Waals surface area contributed by atoms with Gasteiger partial charge in [0.2, 0.25) is 0 Å². The molecule has 0 aliphatic rings. The third kappa shape index (κ3) is 6.47. The first-order chi connectivity index (χ1) is 17.9. The average molecular weight is 522 g/mol. The number of carbonyl (C=O) groups excluding carboxylic acids is 1. The fourth-order valence-electron chi connectivity index (χ4n) is 4.31. The first-order valence-corrected chi connectivity index (χ1v) is 12.7. The van der Waals surface area contributed by atoms with Gasteiger partial charge in [0.05, 0.1) is 18.9 Å². The molecule has 0 aliphatic carbocycles. The lowest BCUT2D eigenvalue weighted by atomic mass is 10.0. The highest BCUT2D eigenvalue weighted by Gasteiger charge is 2.17. The number of hydrogen-bond acceptors (Lipinski definition) is 5. The summed E-state index contributed by atoms with van der Waals surface area (Å²) in [6.45, 7) is 5.80. The summed E-state index contributed by atoms with van der Waals surface area (Å²) in [5.41, 5.74) is 6.37. The van der Waals surface area contributed by atoms with Crippen LogP contribution in [0, 0.1) is 6.92 Å². The average Bonchev–Trinajstić information content (AvgIpc) is 3.24. The number of pyridine rings is 1. The van der Waals surface area contributed by atoms with Gasteiger partial charge >= 0.3 is 6.03 Å². The van der Waals surface area contributed by atoms with Gasteiger partial charge in [0.15, 0.2) is 0 Å². The molecular weight excluding hydrogens is 490 g/mol. The molecule has 0 saturated heterocycles. The van der Waals surface area contributed by atoms with Crippen molar-refractivity contribution in [3.05, 3.63) is 82.6 Å². The predicted octanol–water partition coefficient (Wildman–Crippen LogP) is 4.96. The van der Waals surface area contributed by atoms with E-state index in [9.17, 15) is 15.0 Å². The van der Waals surface area contributed by atoms with Crippen molar-refractivity contribution >= 4 is 34.8 Å². The van der Waals surface area contributed by atoms with Crippen LogP contribution < -0.4 is 10.6 Å². The minimum absolute atomic E-state index is 0.0517. The number of rotatable bonds is 10. The number of aliphatic hydroxyl groups excluding tert-OH is 2. The van der Waals surface area contributed by atoms with Crippen LogP contribution in [0.4, 0.5) is 16.3 Å². The number of hydrogen-bond donors (Lipinski definition) is 4. The van der Waals surface area contributed by atoms with Crippen molar-refractivity contribution in [3.63, 3.8) is 0 Å². The molecule has 2 aromatic carbocycles. The first-order valence-electron chi connectivity index (χ1n) is 12.3. The van der Waals surface area contributed by atoms with Gasteiger partial charge in [-0.15, -0.1) is 0 Å². The largest absolute Gasteiger partial charge is 0.395 e. The summed E-state index contributed by atoms with van der Waals surface area (Å²) >= 11 is 5.94. The van der Waals surface area contributed by atoms with Crippen LogP contribution in [0.1, 0.15) is 23.7 Å². The van der Waals surface area contributed by atoms with Crippen LogP contribution in [0.25, 0.3) is 16.8 Å². The van der Waals surface area contributed by atoms with Gasteiger partial charge in [0, 0.05) is 36.5 Å². The zero-order valence-electron chi connectivity index (χ0n) is 21.0. The fourth-order valence-corrected chi connectivity index (χ4v) is 4.44. The number of urea groups is 1. The monoisotopic (exact) mass is 521 g/mol. The van der Waals surface area contributed by atoms with Crippen LogP contribution >= 0.6 is 11.6 Å². The Morgan fingerprint density at radius 2 is 1.68 bits per heavy atom. The lowest BCUT2D eigenvalue weighted by Crippen LogP contribution is -2.29. The van der Waals surface area contributed by atoms with Crippen LogP contribution in [-0.2, 0) is 13.0 Å². The maximum absolute atomic E-state index is 12.8. The second kappa shape index (κ2) is 12.2. The molecule has 0 radical (unpaired) electrons. The molecule has 9 heteroatoms. The van der Waals surface area contributed by atoms with Crippen LogP contribution in [0.2, 0.25) is 5.02 Å². The Kier molecular flexibility index (Phi) is 8.78. The van der Waals surface area contributed by atoms with E-state index in [1.54, 1.807) is 24.3 Å². The number of anilines is 2. The Bertz CT molecular complexity index is 1350. The highest BCUT2D eigenvalue weighted by molar-refractivity contribution is 6.30. The molecule has 0 atom stereocenters. The maximum Gasteiger partial charge on any atom is 0.324 e. The van der Waals surface area contributed by atoms with Gasteiger partial charge < -0.3 is 15.5 Å². The van der Waals surface area contributed by atoms with E-state index in [0.29, 0.717) is 42.6 Å². The van der Waals surface area contributed by atoms with E-state index in [-0.39, 0.29) is 19.2 Å². The topological polar surface area (TPSA) is 102 Å². The van der Waals surface area contributed by atoms with E-state index >= 15 is 0 Å². The number of imidazole rings is 1. The summed E-state index contributed by atoms with van der Waals surface area (Å²) in [4.78, 5) is 19.6. The molecule has 0 spiro atoms. The van der Waals surface area contributed by atoms with E-state index in [1.807, 2.05) is 29.3 Å². The molecule has 194 valence electrons. The minimum atomic E-state index is -0.360. The highest BCUT2D eigenvalue weighted by Crippen LogP contribution is 2.28. The van der Waals surface area contributed by atoms with Crippen LogP contribution in [0.3, 0.4) is 0 Å². The Morgan fingerprint density at radius 1 is 1.00 bits per heavy atom. The van der Waals surface area contributed by atoms with Gasteiger partial charge in [0.25, 0.3) is 0 Å². The molecule has 0 bridgehead atoms. The molecule has 2 amide bonds. The second-order valence-corrected chi connectivity index (χ2v) is 9.31. The number of nitrogens with zero attached hydrogens (tertiary/aromatic N) is 3. The van der Waals surface area contributed by atoms with Crippen LogP contribution in [0.5, 0.6) is 0 Å². The number of carbonyl (C=O) groups is 1. The van der Waals surface area contributed by atoms with Gasteiger partial charge in [-0.2, -0.15) is 0 Å². The molecule has 0 fully saturated rings. The van der Waals surface area contributed by atoms with Crippen molar-refractivity contribution < 1.29 is 15.0 Å². The van der Waals surface area contributed by atoms with E-state index in [4.69, 9.17) is 16.6 Å². The molecule has 37 heavy (non-hydrogen) atoms. The van der Waals surface area contributed by atoms with Crippen molar-refractivity contribution in [2.24, 2.45) is 0 Å². The van der Waals surface area contributed by atoms with Crippen molar-refractivity contribution in [3.8, 4) is 11.1 Å². The zero-order chi connectivity index (χ0) is 26.4. The molecular formula is C28H32ClN5O3. The van der Waals surface area contributed by atoms with E-state index in [2.05, 4.69) is 41.0 Å². The van der Waals surface area contributed by atoms with E-state index in [0.717, 1.165) is 33.6 Å². The number of halogens is 1. The minimum Gasteiger partial charge on any atom is -0.395 e. The Balaban J connectivity index is 1.60. The SMILES string of the molecule is CCc1nc2c(C)cc(-c3ccc(CN(CCO)CCO)cc3)cn2c1NC(=O)Nc1ccc(Cl)cc1. The summed E-state index contributed by atoms with van der Waals surface area (Å²) < 4.78 is 1.93. The lowest BCUT2D eigenvalue weighted by molar-refractivity contribution is 0.156. The lowest BCUT2D eigenvalue weighted by Gasteiger charge is -2.20. The smallest absolute Gasteiger partial charge is 0.324 e. The Morgan fingerprint density at radius 3 is 2.30 bits per heavy atom. The van der Waals surface area contributed by atoms with Crippen molar-refractivity contribution in [1.29, 1.82) is 0 Å². The first kappa shape index (κ1) is 26.6. The number of benzene rings is 2. The van der Waals surface area contributed by atoms with Gasteiger partial charge in [0.1, 0.15) is 11.5 Å². The molecule has 2 heterocycles. The third-order valence-electron chi connectivity index (χ3n) is 6.17. The number of aromatic nitrogens is 2. The number of amides is 2. The van der Waals surface area contributed by atoms with Crippen molar-refractivity contribution in [2.45, 2.75) is 26.8 Å². The predicted molar refractivity (Wildman–Crippen MR) is 148 cm³/mol. The summed E-state index contributed by atoms with van der Waals surface area (Å²) in [6, 6.07) is 16.9. The number of aliphatic hydroxyl groups is 2. The van der Waals surface area contributed by atoms with Crippen molar-refractivity contribution in [1.82, 2.24) is 14.3 Å². The summed E-state index contributed by atoms with van der Waals surface area (Å²) in [5.74, 6) is 0.634. The molecule has 4 rings (SSSR count). The van der Waals surface area contributed by atoms with E-state index < -0.39 is 0 Å². The number of aryl methyl sites for hydroxylation is 2. The fraction of sp³-hybridized carbons (Fsp3) is 0.286. The highest BCUT2D eigenvalue weighted by atomic mass is 35.5. The normalized spacial score (nSPS) is 11.3. The summed E-state index contributed by atoms with van der Waals surface area (Å²) in [5, 5.41) is 24.9. The number of nitrogens with one attached hydrogen (secondary N) is 2. The van der Waals surface area contributed by atoms with Gasteiger partial charge in [-0.05, 0) is 65.9 Å². The molecule has 0 saturated carbocycles. The molecule has 0 unspecified atom stereocenters. The van der Waals surface area contributed by atoms with Gasteiger partial charge in [-0.1, -0.05) is 42.8 Å².